The molecule has 0 aliphatic heterocycles. The lowest BCUT2D eigenvalue weighted by molar-refractivity contribution is -0.140. The number of sulfonamides is 1. The number of amides is 2. The molecule has 36 heavy (non-hydrogen) atoms. The van der Waals surface area contributed by atoms with Crippen molar-refractivity contribution in [2.45, 2.75) is 64.6 Å². The predicted octanol–water partition coefficient (Wildman–Crippen LogP) is 3.64. The lowest BCUT2D eigenvalue weighted by Gasteiger charge is -2.34. The normalized spacial score (nSPS) is 14.8. The van der Waals surface area contributed by atoms with Crippen molar-refractivity contribution >= 4 is 27.5 Å². The molecule has 1 unspecified atom stereocenters. The van der Waals surface area contributed by atoms with E-state index in [-0.39, 0.29) is 24.2 Å². The standard InChI is InChI=1S/C27H37N3O5S/c1-5-23(27(32)28-22-14-8-9-15-22)29(18-21-13-7-6-12-20(21)2)26(31)19-30(36(4,33)34)24-16-10-11-17-25(24)35-3/h6-7,10-13,16-17,22-23H,5,8-9,14-15,18-19H2,1-4H3,(H,28,32). The van der Waals surface area contributed by atoms with Gasteiger partial charge in [-0.2, -0.15) is 0 Å². The fourth-order valence-corrected chi connectivity index (χ4v) is 5.54. The zero-order chi connectivity index (χ0) is 26.3. The molecule has 3 rings (SSSR count). The molecule has 1 saturated carbocycles. The second-order valence-electron chi connectivity index (χ2n) is 9.30. The number of para-hydroxylation sites is 2. The Bertz CT molecular complexity index is 1160. The molecule has 1 aliphatic rings. The van der Waals surface area contributed by atoms with Crippen molar-refractivity contribution < 1.29 is 22.7 Å². The van der Waals surface area contributed by atoms with Gasteiger partial charge in [0.25, 0.3) is 0 Å². The lowest BCUT2D eigenvalue weighted by Crippen LogP contribution is -2.53. The van der Waals surface area contributed by atoms with Crippen LogP contribution in [0.2, 0.25) is 0 Å². The van der Waals surface area contributed by atoms with Crippen LogP contribution in [0.5, 0.6) is 5.75 Å². The first-order valence-electron chi connectivity index (χ1n) is 12.4. The third kappa shape index (κ3) is 6.78. The van der Waals surface area contributed by atoms with Crippen LogP contribution >= 0.6 is 0 Å². The number of rotatable bonds is 11. The summed E-state index contributed by atoms with van der Waals surface area (Å²) in [6.45, 7) is 3.57. The zero-order valence-corrected chi connectivity index (χ0v) is 22.4. The number of anilines is 1. The van der Waals surface area contributed by atoms with Crippen LogP contribution in [0, 0.1) is 6.92 Å². The van der Waals surface area contributed by atoms with Crippen molar-refractivity contribution in [1.29, 1.82) is 0 Å². The van der Waals surface area contributed by atoms with Gasteiger partial charge in [-0.15, -0.1) is 0 Å². The molecule has 1 N–H and O–H groups in total. The van der Waals surface area contributed by atoms with Crippen molar-refractivity contribution in [2.24, 2.45) is 0 Å². The van der Waals surface area contributed by atoms with Crippen molar-refractivity contribution in [3.05, 3.63) is 59.7 Å². The van der Waals surface area contributed by atoms with Crippen molar-refractivity contribution in [2.75, 3.05) is 24.2 Å². The molecule has 0 radical (unpaired) electrons. The molecule has 1 aliphatic carbocycles. The van der Waals surface area contributed by atoms with Gasteiger partial charge >= 0.3 is 0 Å². The fraction of sp³-hybridized carbons (Fsp3) is 0.481. The average molecular weight is 516 g/mol. The van der Waals surface area contributed by atoms with Gasteiger partial charge in [-0.1, -0.05) is 56.2 Å². The number of benzene rings is 2. The Morgan fingerprint density at radius 1 is 1.08 bits per heavy atom. The summed E-state index contributed by atoms with van der Waals surface area (Å²) >= 11 is 0. The molecule has 196 valence electrons. The lowest BCUT2D eigenvalue weighted by atomic mass is 10.1. The molecule has 2 aromatic carbocycles. The number of ether oxygens (including phenoxy) is 1. The van der Waals surface area contributed by atoms with Gasteiger partial charge in [0.1, 0.15) is 18.3 Å². The summed E-state index contributed by atoms with van der Waals surface area (Å²) in [5, 5.41) is 3.11. The Hall–Kier alpha value is -3.07. The van der Waals surface area contributed by atoms with Gasteiger partial charge in [-0.25, -0.2) is 8.42 Å². The molecular formula is C27H37N3O5S. The van der Waals surface area contributed by atoms with E-state index >= 15 is 0 Å². The quantitative estimate of drug-likeness (QED) is 0.493. The van der Waals surface area contributed by atoms with E-state index in [4.69, 9.17) is 4.74 Å². The second-order valence-corrected chi connectivity index (χ2v) is 11.2. The predicted molar refractivity (Wildman–Crippen MR) is 141 cm³/mol. The van der Waals surface area contributed by atoms with Gasteiger partial charge in [0, 0.05) is 12.6 Å². The van der Waals surface area contributed by atoms with E-state index in [1.54, 1.807) is 24.3 Å². The maximum Gasteiger partial charge on any atom is 0.244 e. The van der Waals surface area contributed by atoms with Crippen LogP contribution in [0.25, 0.3) is 0 Å². The van der Waals surface area contributed by atoms with Crippen LogP contribution < -0.4 is 14.4 Å². The fourth-order valence-electron chi connectivity index (χ4n) is 4.69. The third-order valence-corrected chi connectivity index (χ3v) is 7.85. The molecule has 9 heteroatoms. The number of nitrogens with one attached hydrogen (secondary N) is 1. The van der Waals surface area contributed by atoms with E-state index in [0.717, 1.165) is 47.4 Å². The Balaban J connectivity index is 1.96. The van der Waals surface area contributed by atoms with Crippen molar-refractivity contribution in [3.63, 3.8) is 0 Å². The Kier molecular flexibility index (Phi) is 9.37. The van der Waals surface area contributed by atoms with Gasteiger partial charge in [-0.3, -0.25) is 13.9 Å². The SMILES string of the molecule is CCC(C(=O)NC1CCCC1)N(Cc1ccccc1C)C(=O)CN(c1ccccc1OC)S(C)(=O)=O. The molecule has 2 aromatic rings. The molecule has 0 aromatic heterocycles. The molecule has 8 nitrogen and oxygen atoms in total. The number of methoxy groups -OCH3 is 1. The molecule has 0 saturated heterocycles. The van der Waals surface area contributed by atoms with Gasteiger partial charge in [0.15, 0.2) is 0 Å². The van der Waals surface area contributed by atoms with E-state index in [9.17, 15) is 18.0 Å². The number of aryl methyl sites for hydroxylation is 1. The molecule has 1 atom stereocenters. The van der Waals surface area contributed by atoms with E-state index in [2.05, 4.69) is 5.32 Å². The summed E-state index contributed by atoms with van der Waals surface area (Å²) < 4.78 is 32.0. The van der Waals surface area contributed by atoms with E-state index in [0.29, 0.717) is 12.2 Å². The first-order chi connectivity index (χ1) is 17.2. The molecule has 0 spiro atoms. The molecular weight excluding hydrogens is 478 g/mol. The summed E-state index contributed by atoms with van der Waals surface area (Å²) in [5.74, 6) is -0.315. The van der Waals surface area contributed by atoms with Crippen LogP contribution in [0.3, 0.4) is 0 Å². The minimum Gasteiger partial charge on any atom is -0.495 e. The highest BCUT2D eigenvalue weighted by Crippen LogP contribution is 2.30. The smallest absolute Gasteiger partial charge is 0.244 e. The molecule has 0 heterocycles. The Morgan fingerprint density at radius 3 is 2.33 bits per heavy atom. The summed E-state index contributed by atoms with van der Waals surface area (Å²) in [7, 11) is -2.38. The summed E-state index contributed by atoms with van der Waals surface area (Å²) in [6.07, 6.45) is 5.49. The third-order valence-electron chi connectivity index (χ3n) is 6.72. The van der Waals surface area contributed by atoms with Gasteiger partial charge < -0.3 is 15.0 Å². The van der Waals surface area contributed by atoms with Gasteiger partial charge in [0.05, 0.1) is 19.1 Å². The highest BCUT2D eigenvalue weighted by molar-refractivity contribution is 7.92. The van der Waals surface area contributed by atoms with Gasteiger partial charge in [0.2, 0.25) is 21.8 Å². The van der Waals surface area contributed by atoms with E-state index in [1.807, 2.05) is 38.1 Å². The maximum absolute atomic E-state index is 13.8. The summed E-state index contributed by atoms with van der Waals surface area (Å²) in [5.41, 5.74) is 2.17. The van der Waals surface area contributed by atoms with Crippen LogP contribution in [0.4, 0.5) is 5.69 Å². The minimum atomic E-state index is -3.83. The second kappa shape index (κ2) is 12.3. The monoisotopic (exact) mass is 515 g/mol. The number of carbonyl (C=O) groups excluding carboxylic acids is 2. The van der Waals surface area contributed by atoms with Crippen LogP contribution in [-0.2, 0) is 26.2 Å². The number of hydrogen-bond acceptors (Lipinski definition) is 5. The molecule has 2 amide bonds. The highest BCUT2D eigenvalue weighted by Gasteiger charge is 2.33. The van der Waals surface area contributed by atoms with E-state index in [1.165, 1.54) is 12.0 Å². The van der Waals surface area contributed by atoms with E-state index < -0.39 is 28.5 Å². The topological polar surface area (TPSA) is 96.0 Å². The maximum atomic E-state index is 13.8. The Labute approximate surface area is 214 Å². The summed E-state index contributed by atoms with van der Waals surface area (Å²) in [6, 6.07) is 13.7. The molecule has 0 bridgehead atoms. The number of nitrogens with zero attached hydrogens (tertiary/aromatic N) is 2. The minimum absolute atomic E-state index is 0.114. The summed E-state index contributed by atoms with van der Waals surface area (Å²) in [4.78, 5) is 28.7. The zero-order valence-electron chi connectivity index (χ0n) is 21.6. The number of hydrogen-bond donors (Lipinski definition) is 1. The van der Waals surface area contributed by atoms with Crippen LogP contribution in [-0.4, -0.2) is 57.1 Å². The first kappa shape index (κ1) is 27.5. The Morgan fingerprint density at radius 2 is 1.72 bits per heavy atom. The first-order valence-corrected chi connectivity index (χ1v) is 14.3. The van der Waals surface area contributed by atoms with Crippen molar-refractivity contribution in [3.8, 4) is 5.75 Å². The van der Waals surface area contributed by atoms with Crippen LogP contribution in [0.15, 0.2) is 48.5 Å². The van der Waals surface area contributed by atoms with Crippen LogP contribution in [0.1, 0.15) is 50.2 Å². The molecule has 1 fully saturated rings. The number of carbonyl (C=O) groups is 2. The highest BCUT2D eigenvalue weighted by atomic mass is 32.2. The average Bonchev–Trinajstić information content (AvgIpc) is 3.35. The van der Waals surface area contributed by atoms with Crippen molar-refractivity contribution in [1.82, 2.24) is 10.2 Å². The largest absolute Gasteiger partial charge is 0.495 e. The van der Waals surface area contributed by atoms with Gasteiger partial charge in [-0.05, 0) is 49.4 Å².